The summed E-state index contributed by atoms with van der Waals surface area (Å²) < 4.78 is 0. The molecule has 2 heterocycles. The number of para-hydroxylation sites is 1. The number of rotatable bonds is 4. The Hall–Kier alpha value is -5.15. The second kappa shape index (κ2) is 9.96. The van der Waals surface area contributed by atoms with Crippen LogP contribution in [-0.4, -0.2) is 15.7 Å². The third-order valence-electron chi connectivity index (χ3n) is 10.1. The standard InChI is InChI=1S/C41H33N3/c1-40(2)33-20-12-10-18-31(33)38-41(40,3)37(32-19-11-13-21-34(32)42-38)29-22-24-30(25-23-29)39-43-35(27-14-6-4-7-15-27)26-36(44-39)28-16-8-5-9-17-28/h4-26,37H,1-3H3. The molecule has 2 atom stereocenters. The number of hydrogen-bond acceptors (Lipinski definition) is 3. The largest absolute Gasteiger partial charge is 0.252 e. The van der Waals surface area contributed by atoms with E-state index in [0.717, 1.165) is 39.6 Å². The van der Waals surface area contributed by atoms with E-state index in [1.54, 1.807) is 0 Å². The maximum atomic E-state index is 5.33. The molecule has 0 fully saturated rings. The van der Waals surface area contributed by atoms with Crippen LogP contribution >= 0.6 is 0 Å². The monoisotopic (exact) mass is 567 g/mol. The molecule has 6 aromatic rings. The van der Waals surface area contributed by atoms with Crippen LogP contribution in [0.15, 0.2) is 145 Å². The van der Waals surface area contributed by atoms with Gasteiger partial charge >= 0.3 is 0 Å². The van der Waals surface area contributed by atoms with Crippen LogP contribution in [0, 0.1) is 5.41 Å². The van der Waals surface area contributed by atoms with E-state index in [9.17, 15) is 0 Å². The summed E-state index contributed by atoms with van der Waals surface area (Å²) in [6.07, 6.45) is 0. The SMILES string of the molecule is CC1(C)c2ccccc2C2=Nc3ccccc3C(c3ccc(-c4nc(-c5ccccc5)cc(-c5ccccc5)n4)cc3)C21C. The summed E-state index contributed by atoms with van der Waals surface area (Å²) in [7, 11) is 0. The number of benzene rings is 5. The topological polar surface area (TPSA) is 38.1 Å². The fourth-order valence-electron chi connectivity index (χ4n) is 7.46. The van der Waals surface area contributed by atoms with Crippen LogP contribution in [0.5, 0.6) is 0 Å². The highest BCUT2D eigenvalue weighted by Gasteiger charge is 2.59. The molecule has 0 spiro atoms. The number of hydrogen-bond donors (Lipinski definition) is 0. The maximum Gasteiger partial charge on any atom is 0.160 e. The molecule has 1 aromatic heterocycles. The van der Waals surface area contributed by atoms with Crippen molar-refractivity contribution in [2.75, 3.05) is 0 Å². The molecular formula is C41H33N3. The third kappa shape index (κ3) is 3.92. The first-order chi connectivity index (χ1) is 21.4. The summed E-state index contributed by atoms with van der Waals surface area (Å²) >= 11 is 0. The van der Waals surface area contributed by atoms with Crippen molar-refractivity contribution in [1.82, 2.24) is 9.97 Å². The average Bonchev–Trinajstić information content (AvgIpc) is 3.25. The van der Waals surface area contributed by atoms with Gasteiger partial charge in [0.1, 0.15) is 0 Å². The highest BCUT2D eigenvalue weighted by Crippen LogP contribution is 2.63. The molecule has 0 bridgehead atoms. The van der Waals surface area contributed by atoms with E-state index in [0.29, 0.717) is 0 Å². The van der Waals surface area contributed by atoms with Crippen LogP contribution in [-0.2, 0) is 5.41 Å². The van der Waals surface area contributed by atoms with Gasteiger partial charge in [-0.05, 0) is 28.8 Å². The van der Waals surface area contributed by atoms with Crippen molar-refractivity contribution in [2.24, 2.45) is 10.4 Å². The van der Waals surface area contributed by atoms with Crippen LogP contribution in [0.4, 0.5) is 5.69 Å². The van der Waals surface area contributed by atoms with Crippen molar-refractivity contribution in [1.29, 1.82) is 0 Å². The van der Waals surface area contributed by atoms with Gasteiger partial charge in [-0.3, -0.25) is 4.99 Å². The molecule has 44 heavy (non-hydrogen) atoms. The number of aliphatic imine (C=N–C) groups is 1. The summed E-state index contributed by atoms with van der Waals surface area (Å²) in [6.45, 7) is 7.19. The van der Waals surface area contributed by atoms with E-state index in [-0.39, 0.29) is 16.7 Å². The first-order valence-corrected chi connectivity index (χ1v) is 15.3. The molecule has 1 aliphatic carbocycles. The lowest BCUT2D eigenvalue weighted by molar-refractivity contribution is 0.247. The number of aromatic nitrogens is 2. The fourth-order valence-corrected chi connectivity index (χ4v) is 7.46. The molecule has 0 radical (unpaired) electrons. The van der Waals surface area contributed by atoms with Gasteiger partial charge in [-0.15, -0.1) is 0 Å². The Bertz CT molecular complexity index is 1980. The summed E-state index contributed by atoms with van der Waals surface area (Å²) in [5, 5.41) is 0. The predicted octanol–water partition coefficient (Wildman–Crippen LogP) is 10.0. The molecule has 5 aromatic carbocycles. The highest BCUT2D eigenvalue weighted by molar-refractivity contribution is 6.13. The van der Waals surface area contributed by atoms with Crippen LogP contribution < -0.4 is 0 Å². The quantitative estimate of drug-likeness (QED) is 0.213. The zero-order valence-electron chi connectivity index (χ0n) is 25.2. The minimum Gasteiger partial charge on any atom is -0.252 e. The summed E-state index contributed by atoms with van der Waals surface area (Å²) in [4.78, 5) is 15.5. The summed E-state index contributed by atoms with van der Waals surface area (Å²) in [5.74, 6) is 0.863. The van der Waals surface area contributed by atoms with Gasteiger partial charge in [0.25, 0.3) is 0 Å². The minimum absolute atomic E-state index is 0.114. The summed E-state index contributed by atoms with van der Waals surface area (Å²) in [5.41, 5.74) is 12.1. The lowest BCUT2D eigenvalue weighted by atomic mass is 9.55. The molecule has 8 rings (SSSR count). The van der Waals surface area contributed by atoms with E-state index in [1.165, 1.54) is 28.0 Å². The molecule has 3 nitrogen and oxygen atoms in total. The average molecular weight is 568 g/mol. The Morgan fingerprint density at radius 1 is 0.545 bits per heavy atom. The molecule has 212 valence electrons. The Labute approximate surface area is 259 Å². The van der Waals surface area contributed by atoms with Gasteiger partial charge < -0.3 is 0 Å². The lowest BCUT2D eigenvalue weighted by Gasteiger charge is -2.48. The predicted molar refractivity (Wildman–Crippen MR) is 180 cm³/mol. The Balaban J connectivity index is 1.26. The van der Waals surface area contributed by atoms with Crippen LogP contribution in [0.25, 0.3) is 33.9 Å². The third-order valence-corrected chi connectivity index (χ3v) is 10.1. The molecular weight excluding hydrogens is 534 g/mol. The second-order valence-corrected chi connectivity index (χ2v) is 12.6. The van der Waals surface area contributed by atoms with E-state index < -0.39 is 0 Å². The highest BCUT2D eigenvalue weighted by atomic mass is 14.9. The minimum atomic E-state index is -0.225. The van der Waals surface area contributed by atoms with Gasteiger partial charge in [0.2, 0.25) is 0 Å². The smallest absolute Gasteiger partial charge is 0.160 e. The van der Waals surface area contributed by atoms with Crippen molar-refractivity contribution in [3.63, 3.8) is 0 Å². The molecule has 0 saturated carbocycles. The van der Waals surface area contributed by atoms with Crippen molar-refractivity contribution >= 4 is 11.4 Å². The van der Waals surface area contributed by atoms with E-state index in [2.05, 4.69) is 148 Å². The first kappa shape index (κ1) is 26.5. The first-order valence-electron chi connectivity index (χ1n) is 15.3. The lowest BCUT2D eigenvalue weighted by Crippen LogP contribution is -2.46. The van der Waals surface area contributed by atoms with E-state index in [1.807, 2.05) is 12.1 Å². The number of fused-ring (bicyclic) bond motifs is 4. The van der Waals surface area contributed by atoms with Crippen molar-refractivity contribution in [3.05, 3.63) is 162 Å². The van der Waals surface area contributed by atoms with Gasteiger partial charge in [0, 0.05) is 39.0 Å². The Morgan fingerprint density at radius 2 is 1.11 bits per heavy atom. The van der Waals surface area contributed by atoms with Crippen molar-refractivity contribution in [3.8, 4) is 33.9 Å². The van der Waals surface area contributed by atoms with Crippen LogP contribution in [0.3, 0.4) is 0 Å². The van der Waals surface area contributed by atoms with E-state index >= 15 is 0 Å². The van der Waals surface area contributed by atoms with Gasteiger partial charge in [-0.2, -0.15) is 0 Å². The maximum absolute atomic E-state index is 5.33. The fraction of sp³-hybridized carbons (Fsp3) is 0.146. The Morgan fingerprint density at radius 3 is 1.77 bits per heavy atom. The normalized spacial score (nSPS) is 19.4. The number of nitrogens with zero attached hydrogens (tertiary/aromatic N) is 3. The van der Waals surface area contributed by atoms with Crippen LogP contribution in [0.2, 0.25) is 0 Å². The molecule has 1 aliphatic heterocycles. The molecule has 2 unspecified atom stereocenters. The molecule has 0 N–H and O–H groups in total. The van der Waals surface area contributed by atoms with Gasteiger partial charge in [-0.1, -0.05) is 148 Å². The zero-order chi connectivity index (χ0) is 29.9. The van der Waals surface area contributed by atoms with Crippen LogP contribution in [0.1, 0.15) is 48.9 Å². The molecule has 0 amide bonds. The van der Waals surface area contributed by atoms with Gasteiger partial charge in [0.15, 0.2) is 5.82 Å². The molecule has 2 aliphatic rings. The Kier molecular flexibility index (Phi) is 5.99. The summed E-state index contributed by atoms with van der Waals surface area (Å²) in [6, 6.07) is 49.2. The van der Waals surface area contributed by atoms with Gasteiger partial charge in [-0.25, -0.2) is 9.97 Å². The van der Waals surface area contributed by atoms with Gasteiger partial charge in [0.05, 0.1) is 22.8 Å². The van der Waals surface area contributed by atoms with E-state index in [4.69, 9.17) is 15.0 Å². The second-order valence-electron chi connectivity index (χ2n) is 12.6. The zero-order valence-corrected chi connectivity index (χ0v) is 25.2. The van der Waals surface area contributed by atoms with Crippen molar-refractivity contribution < 1.29 is 0 Å². The molecule has 0 saturated heterocycles. The molecule has 3 heteroatoms. The van der Waals surface area contributed by atoms with Crippen molar-refractivity contribution in [2.45, 2.75) is 32.1 Å².